The van der Waals surface area contributed by atoms with Crippen LogP contribution in [-0.2, 0) is 9.59 Å². The van der Waals surface area contributed by atoms with Crippen molar-refractivity contribution in [2.75, 3.05) is 4.90 Å². The Morgan fingerprint density at radius 2 is 1.95 bits per heavy atom. The number of nitrogens with zero attached hydrogens (tertiary/aromatic N) is 1. The number of unbranched alkanes of at least 4 members (excludes halogenated alkanes) is 2. The van der Waals surface area contributed by atoms with E-state index in [1.165, 1.54) is 4.90 Å². The third kappa shape index (κ3) is 3.11. The molecule has 0 saturated carbocycles. The minimum Gasteiger partial charge on any atom is -0.274 e. The summed E-state index contributed by atoms with van der Waals surface area (Å²) in [6.45, 7) is 3.68. The molecule has 3 heteroatoms. The van der Waals surface area contributed by atoms with Gasteiger partial charge in [0.2, 0.25) is 11.8 Å². The van der Waals surface area contributed by atoms with E-state index < -0.39 is 0 Å². The first-order valence-electron chi connectivity index (χ1n) is 6.76. The Hall–Kier alpha value is -1.90. The van der Waals surface area contributed by atoms with Crippen molar-refractivity contribution >= 4 is 17.5 Å². The molecule has 1 saturated heterocycles. The zero-order chi connectivity index (χ0) is 13.7. The van der Waals surface area contributed by atoms with E-state index in [1.54, 1.807) is 12.1 Å². The Bertz CT molecular complexity index is 467. The number of hydrogen-bond acceptors (Lipinski definition) is 2. The van der Waals surface area contributed by atoms with E-state index >= 15 is 0 Å². The summed E-state index contributed by atoms with van der Waals surface area (Å²) in [5.74, 6) is -0.266. The highest BCUT2D eigenvalue weighted by Gasteiger charge is 2.38. The lowest BCUT2D eigenvalue weighted by Gasteiger charge is -2.14. The lowest BCUT2D eigenvalue weighted by atomic mass is 10.00. The van der Waals surface area contributed by atoms with Crippen molar-refractivity contribution < 1.29 is 9.59 Å². The highest BCUT2D eigenvalue weighted by Crippen LogP contribution is 2.29. The highest BCUT2D eigenvalue weighted by atomic mass is 16.2. The maximum Gasteiger partial charge on any atom is 0.237 e. The summed E-state index contributed by atoms with van der Waals surface area (Å²) in [6, 6.07) is 9.16. The van der Waals surface area contributed by atoms with Crippen LogP contribution in [0.2, 0.25) is 0 Å². The monoisotopic (exact) mass is 257 g/mol. The molecule has 1 heterocycles. The van der Waals surface area contributed by atoms with E-state index in [2.05, 4.69) is 6.58 Å². The van der Waals surface area contributed by atoms with Crippen LogP contribution in [0.4, 0.5) is 5.69 Å². The average Bonchev–Trinajstić information content (AvgIpc) is 2.71. The second kappa shape index (κ2) is 6.32. The lowest BCUT2D eigenvalue weighted by Crippen LogP contribution is -2.30. The zero-order valence-corrected chi connectivity index (χ0v) is 11.0. The maximum atomic E-state index is 12.3. The third-order valence-corrected chi connectivity index (χ3v) is 3.47. The second-order valence-electron chi connectivity index (χ2n) is 4.88. The molecule has 0 bridgehead atoms. The average molecular weight is 257 g/mol. The van der Waals surface area contributed by atoms with Crippen LogP contribution in [0.15, 0.2) is 43.0 Å². The largest absolute Gasteiger partial charge is 0.274 e. The van der Waals surface area contributed by atoms with Gasteiger partial charge in [0.25, 0.3) is 0 Å². The minimum atomic E-state index is -0.141. The van der Waals surface area contributed by atoms with Crippen LogP contribution in [0.25, 0.3) is 0 Å². The predicted molar refractivity (Wildman–Crippen MR) is 75.7 cm³/mol. The van der Waals surface area contributed by atoms with Gasteiger partial charge in [-0.2, -0.15) is 0 Å². The second-order valence-corrected chi connectivity index (χ2v) is 4.88. The first-order chi connectivity index (χ1) is 9.24. The van der Waals surface area contributed by atoms with E-state index in [4.69, 9.17) is 0 Å². The van der Waals surface area contributed by atoms with Crippen LogP contribution in [0.5, 0.6) is 0 Å². The highest BCUT2D eigenvalue weighted by molar-refractivity contribution is 6.20. The SMILES string of the molecule is C=CCCCCC1CC(=O)N(c2ccccc2)C1=O. The fourth-order valence-corrected chi connectivity index (χ4v) is 2.45. The number of rotatable bonds is 6. The molecular formula is C16H19NO2. The Balaban J connectivity index is 1.99. The smallest absolute Gasteiger partial charge is 0.237 e. The van der Waals surface area contributed by atoms with E-state index in [-0.39, 0.29) is 17.7 Å². The van der Waals surface area contributed by atoms with Crippen molar-refractivity contribution in [3.8, 4) is 0 Å². The molecule has 2 amide bonds. The normalized spacial score (nSPS) is 18.9. The molecule has 0 N–H and O–H groups in total. The van der Waals surface area contributed by atoms with Gasteiger partial charge in [0.15, 0.2) is 0 Å². The molecule has 0 radical (unpaired) electrons. The Kier molecular flexibility index (Phi) is 4.50. The van der Waals surface area contributed by atoms with E-state index in [0.29, 0.717) is 12.1 Å². The summed E-state index contributed by atoms with van der Waals surface area (Å²) in [7, 11) is 0. The van der Waals surface area contributed by atoms with E-state index in [0.717, 1.165) is 25.7 Å². The van der Waals surface area contributed by atoms with E-state index in [9.17, 15) is 9.59 Å². The van der Waals surface area contributed by atoms with Crippen molar-refractivity contribution in [2.24, 2.45) is 5.92 Å². The van der Waals surface area contributed by atoms with Gasteiger partial charge >= 0.3 is 0 Å². The van der Waals surface area contributed by atoms with Gasteiger partial charge in [-0.25, -0.2) is 0 Å². The molecule has 1 aromatic rings. The maximum absolute atomic E-state index is 12.3. The number of para-hydroxylation sites is 1. The number of hydrogen-bond donors (Lipinski definition) is 0. The van der Waals surface area contributed by atoms with Crippen molar-refractivity contribution in [1.29, 1.82) is 0 Å². The topological polar surface area (TPSA) is 37.4 Å². The number of allylic oxidation sites excluding steroid dienone is 1. The summed E-state index contributed by atoms with van der Waals surface area (Å²) < 4.78 is 0. The molecule has 100 valence electrons. The predicted octanol–water partition coefficient (Wildman–Crippen LogP) is 3.31. The van der Waals surface area contributed by atoms with Crippen molar-refractivity contribution in [1.82, 2.24) is 0 Å². The first kappa shape index (κ1) is 13.5. The molecular weight excluding hydrogens is 238 g/mol. The Labute approximate surface area is 113 Å². The molecule has 1 aromatic carbocycles. The lowest BCUT2D eigenvalue weighted by molar-refractivity contribution is -0.122. The summed E-state index contributed by atoms with van der Waals surface area (Å²) in [4.78, 5) is 25.6. The molecule has 1 aliphatic rings. The summed E-state index contributed by atoms with van der Waals surface area (Å²) >= 11 is 0. The van der Waals surface area contributed by atoms with Gasteiger partial charge < -0.3 is 0 Å². The van der Waals surface area contributed by atoms with Crippen LogP contribution < -0.4 is 4.90 Å². The number of carbonyl (C=O) groups is 2. The fraction of sp³-hybridized carbons (Fsp3) is 0.375. The van der Waals surface area contributed by atoms with Crippen LogP contribution in [0, 0.1) is 5.92 Å². The fourth-order valence-electron chi connectivity index (χ4n) is 2.45. The Morgan fingerprint density at radius 3 is 2.63 bits per heavy atom. The van der Waals surface area contributed by atoms with Gasteiger partial charge in [-0.1, -0.05) is 30.7 Å². The standard InChI is InChI=1S/C16H19NO2/c1-2-3-4-6-9-13-12-15(18)17(16(13)19)14-10-7-5-8-11-14/h2,5,7-8,10-11,13H,1,3-4,6,9,12H2. The Morgan fingerprint density at radius 1 is 1.21 bits per heavy atom. The molecule has 1 unspecified atom stereocenters. The molecule has 1 fully saturated rings. The van der Waals surface area contributed by atoms with Crippen LogP contribution in [-0.4, -0.2) is 11.8 Å². The van der Waals surface area contributed by atoms with E-state index in [1.807, 2.05) is 24.3 Å². The number of amides is 2. The van der Waals surface area contributed by atoms with Crippen molar-refractivity contribution in [2.45, 2.75) is 32.1 Å². The van der Waals surface area contributed by atoms with Gasteiger partial charge in [-0.3, -0.25) is 14.5 Å². The molecule has 0 aromatic heterocycles. The van der Waals surface area contributed by atoms with Crippen LogP contribution in [0.3, 0.4) is 0 Å². The van der Waals surface area contributed by atoms with Gasteiger partial charge in [0, 0.05) is 12.3 Å². The zero-order valence-electron chi connectivity index (χ0n) is 11.0. The number of anilines is 1. The summed E-state index contributed by atoms with van der Waals surface area (Å²) in [5.41, 5.74) is 0.686. The molecule has 1 atom stereocenters. The summed E-state index contributed by atoms with van der Waals surface area (Å²) in [6.07, 6.45) is 6.00. The molecule has 0 spiro atoms. The number of imide groups is 1. The van der Waals surface area contributed by atoms with Gasteiger partial charge in [0.05, 0.1) is 5.69 Å². The third-order valence-electron chi connectivity index (χ3n) is 3.47. The first-order valence-corrected chi connectivity index (χ1v) is 6.76. The molecule has 0 aliphatic carbocycles. The molecule has 19 heavy (non-hydrogen) atoms. The molecule has 3 nitrogen and oxygen atoms in total. The van der Waals surface area contributed by atoms with Crippen molar-refractivity contribution in [3.05, 3.63) is 43.0 Å². The summed E-state index contributed by atoms with van der Waals surface area (Å²) in [5, 5.41) is 0. The molecule has 2 rings (SSSR count). The van der Waals surface area contributed by atoms with Gasteiger partial charge in [-0.05, 0) is 31.4 Å². The molecule has 1 aliphatic heterocycles. The number of carbonyl (C=O) groups excluding carboxylic acids is 2. The van der Waals surface area contributed by atoms with Gasteiger partial charge in [-0.15, -0.1) is 6.58 Å². The quantitative estimate of drug-likeness (QED) is 0.445. The number of benzene rings is 1. The van der Waals surface area contributed by atoms with Crippen molar-refractivity contribution in [3.63, 3.8) is 0 Å². The van der Waals surface area contributed by atoms with Crippen LogP contribution >= 0.6 is 0 Å². The minimum absolute atomic E-state index is 0.0465. The van der Waals surface area contributed by atoms with Crippen LogP contribution in [0.1, 0.15) is 32.1 Å². The van der Waals surface area contributed by atoms with Gasteiger partial charge in [0.1, 0.15) is 0 Å².